The van der Waals surface area contributed by atoms with Crippen molar-refractivity contribution in [3.63, 3.8) is 0 Å². The minimum Gasteiger partial charge on any atom is -0.370 e. The molecule has 1 heterocycles. The Bertz CT molecular complexity index is 566. The van der Waals surface area contributed by atoms with Crippen LogP contribution in [0.4, 0.5) is 0 Å². The summed E-state index contributed by atoms with van der Waals surface area (Å²) in [5, 5.41) is 6.14. The number of nitrogens with two attached hydrogens (primary N) is 1. The number of nitrogens with one attached hydrogen (secondary N) is 1. The van der Waals surface area contributed by atoms with E-state index in [1.54, 1.807) is 11.3 Å². The summed E-state index contributed by atoms with van der Waals surface area (Å²) in [6, 6.07) is 10.2. The molecule has 6 heteroatoms. The number of hydrogen-bond donors (Lipinski definition) is 2. The Labute approximate surface area is 146 Å². The van der Waals surface area contributed by atoms with E-state index in [4.69, 9.17) is 5.73 Å². The van der Waals surface area contributed by atoms with Gasteiger partial charge in [-0.05, 0) is 5.92 Å². The van der Waals surface area contributed by atoms with Gasteiger partial charge >= 0.3 is 0 Å². The minimum absolute atomic E-state index is 0. The molecule has 0 fully saturated rings. The second kappa shape index (κ2) is 8.99. The first-order valence-electron chi connectivity index (χ1n) is 6.68. The van der Waals surface area contributed by atoms with Crippen LogP contribution in [0, 0.1) is 5.92 Å². The Balaban J connectivity index is 0.00000220. The molecule has 2 aromatic rings. The molecule has 4 nitrogen and oxygen atoms in total. The number of aliphatic imine (C=N–C) groups is 1. The first-order chi connectivity index (χ1) is 9.65. The number of aromatic nitrogens is 1. The van der Waals surface area contributed by atoms with Crippen molar-refractivity contribution in [3.05, 3.63) is 41.4 Å². The molecule has 0 saturated carbocycles. The zero-order valence-electron chi connectivity index (χ0n) is 12.2. The van der Waals surface area contributed by atoms with Crippen LogP contribution >= 0.6 is 35.3 Å². The van der Waals surface area contributed by atoms with E-state index in [1.165, 1.54) is 0 Å². The van der Waals surface area contributed by atoms with Crippen molar-refractivity contribution in [1.29, 1.82) is 0 Å². The third-order valence-electron chi connectivity index (χ3n) is 2.68. The summed E-state index contributed by atoms with van der Waals surface area (Å²) >= 11 is 1.63. The van der Waals surface area contributed by atoms with E-state index in [9.17, 15) is 0 Å². The highest BCUT2D eigenvalue weighted by molar-refractivity contribution is 14.0. The smallest absolute Gasteiger partial charge is 0.188 e. The molecule has 0 aliphatic heterocycles. The van der Waals surface area contributed by atoms with Gasteiger partial charge in [0.25, 0.3) is 0 Å². The zero-order chi connectivity index (χ0) is 14.4. The third kappa shape index (κ3) is 6.01. The number of rotatable bonds is 5. The Morgan fingerprint density at radius 3 is 2.71 bits per heavy atom. The maximum Gasteiger partial charge on any atom is 0.188 e. The van der Waals surface area contributed by atoms with Crippen LogP contribution < -0.4 is 11.1 Å². The van der Waals surface area contributed by atoms with E-state index >= 15 is 0 Å². The SMILES string of the molecule is CC(C)CNC(N)=NCc1csc(-c2ccccc2)n1.I. The molecule has 0 unspecified atom stereocenters. The Kier molecular flexibility index (Phi) is 7.66. The molecule has 1 aromatic heterocycles. The zero-order valence-corrected chi connectivity index (χ0v) is 15.4. The molecular formula is C15H21IN4S. The van der Waals surface area contributed by atoms with E-state index in [0.29, 0.717) is 18.4 Å². The number of nitrogens with zero attached hydrogens (tertiary/aromatic N) is 2. The van der Waals surface area contributed by atoms with Crippen molar-refractivity contribution in [2.24, 2.45) is 16.6 Å². The molecule has 114 valence electrons. The number of thiazole rings is 1. The number of hydrogen-bond acceptors (Lipinski definition) is 3. The van der Waals surface area contributed by atoms with Crippen molar-refractivity contribution < 1.29 is 0 Å². The Hall–Kier alpha value is -1.15. The molecule has 21 heavy (non-hydrogen) atoms. The van der Waals surface area contributed by atoms with E-state index in [0.717, 1.165) is 22.8 Å². The van der Waals surface area contributed by atoms with Crippen molar-refractivity contribution in [2.75, 3.05) is 6.54 Å². The van der Waals surface area contributed by atoms with E-state index in [-0.39, 0.29) is 24.0 Å². The van der Waals surface area contributed by atoms with E-state index in [1.807, 2.05) is 23.6 Å². The second-order valence-corrected chi connectivity index (χ2v) is 5.84. The fraction of sp³-hybridized carbons (Fsp3) is 0.333. The average molecular weight is 416 g/mol. The monoisotopic (exact) mass is 416 g/mol. The number of halogens is 1. The van der Waals surface area contributed by atoms with Crippen LogP contribution in [0.3, 0.4) is 0 Å². The molecule has 2 rings (SSSR count). The van der Waals surface area contributed by atoms with Crippen LogP contribution in [-0.2, 0) is 6.54 Å². The Morgan fingerprint density at radius 1 is 1.33 bits per heavy atom. The van der Waals surface area contributed by atoms with Gasteiger partial charge in [-0.15, -0.1) is 35.3 Å². The fourth-order valence-corrected chi connectivity index (χ4v) is 2.44. The highest BCUT2D eigenvalue weighted by Crippen LogP contribution is 2.23. The van der Waals surface area contributed by atoms with Crippen LogP contribution in [-0.4, -0.2) is 17.5 Å². The molecular weight excluding hydrogens is 395 g/mol. The molecule has 0 aliphatic carbocycles. The van der Waals surface area contributed by atoms with Crippen LogP contribution in [0.25, 0.3) is 10.6 Å². The van der Waals surface area contributed by atoms with Crippen LogP contribution in [0.5, 0.6) is 0 Å². The van der Waals surface area contributed by atoms with Crippen LogP contribution in [0.2, 0.25) is 0 Å². The van der Waals surface area contributed by atoms with Gasteiger partial charge in [-0.1, -0.05) is 44.2 Å². The predicted molar refractivity (Wildman–Crippen MR) is 101 cm³/mol. The maximum atomic E-state index is 5.80. The highest BCUT2D eigenvalue weighted by Gasteiger charge is 2.04. The summed E-state index contributed by atoms with van der Waals surface area (Å²) in [5.41, 5.74) is 7.89. The van der Waals surface area contributed by atoms with E-state index < -0.39 is 0 Å². The molecule has 0 aliphatic rings. The van der Waals surface area contributed by atoms with Crippen molar-refractivity contribution in [2.45, 2.75) is 20.4 Å². The highest BCUT2D eigenvalue weighted by atomic mass is 127. The summed E-state index contributed by atoms with van der Waals surface area (Å²) < 4.78 is 0. The van der Waals surface area contributed by atoms with Crippen molar-refractivity contribution >= 4 is 41.3 Å². The lowest BCUT2D eigenvalue weighted by molar-refractivity contribution is 0.621. The first kappa shape index (κ1) is 17.9. The molecule has 3 N–H and O–H groups in total. The lowest BCUT2D eigenvalue weighted by Crippen LogP contribution is -2.34. The third-order valence-corrected chi connectivity index (χ3v) is 3.62. The summed E-state index contributed by atoms with van der Waals surface area (Å²) in [6.45, 7) is 5.61. The topological polar surface area (TPSA) is 63.3 Å². The van der Waals surface area contributed by atoms with Crippen molar-refractivity contribution in [1.82, 2.24) is 10.3 Å². The summed E-state index contributed by atoms with van der Waals surface area (Å²) in [5.74, 6) is 1.03. The molecule has 1 aromatic carbocycles. The van der Waals surface area contributed by atoms with E-state index in [2.05, 4.69) is 41.3 Å². The summed E-state index contributed by atoms with van der Waals surface area (Å²) in [7, 11) is 0. The quantitative estimate of drug-likeness (QED) is 0.446. The van der Waals surface area contributed by atoms with Gasteiger partial charge in [0.1, 0.15) is 5.01 Å². The minimum atomic E-state index is 0. The largest absolute Gasteiger partial charge is 0.370 e. The standard InChI is InChI=1S/C15H20N4S.HI/c1-11(2)8-17-15(16)18-9-13-10-20-14(19-13)12-6-4-3-5-7-12;/h3-7,10-11H,8-9H2,1-2H3,(H3,16,17,18);1H. The van der Waals surface area contributed by atoms with Gasteiger partial charge in [0.15, 0.2) is 5.96 Å². The molecule has 0 atom stereocenters. The molecule has 0 bridgehead atoms. The molecule has 0 radical (unpaired) electrons. The number of benzene rings is 1. The summed E-state index contributed by atoms with van der Waals surface area (Å²) in [4.78, 5) is 8.88. The summed E-state index contributed by atoms with van der Waals surface area (Å²) in [6.07, 6.45) is 0. The van der Waals surface area contributed by atoms with Gasteiger partial charge in [0, 0.05) is 17.5 Å². The van der Waals surface area contributed by atoms with Crippen LogP contribution in [0.15, 0.2) is 40.7 Å². The maximum absolute atomic E-state index is 5.80. The molecule has 0 saturated heterocycles. The number of guanidine groups is 1. The van der Waals surface area contributed by atoms with Gasteiger partial charge in [0.2, 0.25) is 0 Å². The lowest BCUT2D eigenvalue weighted by atomic mass is 10.2. The van der Waals surface area contributed by atoms with Crippen molar-refractivity contribution in [3.8, 4) is 10.6 Å². The predicted octanol–water partition coefficient (Wildman–Crippen LogP) is 3.49. The van der Waals surface area contributed by atoms with Crippen LogP contribution in [0.1, 0.15) is 19.5 Å². The second-order valence-electron chi connectivity index (χ2n) is 4.99. The Morgan fingerprint density at radius 2 is 2.05 bits per heavy atom. The lowest BCUT2D eigenvalue weighted by Gasteiger charge is -2.07. The average Bonchev–Trinajstić information content (AvgIpc) is 2.93. The van der Waals surface area contributed by atoms with Gasteiger partial charge in [-0.25, -0.2) is 9.98 Å². The molecule has 0 spiro atoms. The van der Waals surface area contributed by atoms with Gasteiger partial charge < -0.3 is 11.1 Å². The van der Waals surface area contributed by atoms with Gasteiger partial charge in [-0.2, -0.15) is 0 Å². The van der Waals surface area contributed by atoms with Gasteiger partial charge in [0.05, 0.1) is 12.2 Å². The first-order valence-corrected chi connectivity index (χ1v) is 7.56. The normalized spacial score (nSPS) is 11.3. The van der Waals surface area contributed by atoms with Gasteiger partial charge in [-0.3, -0.25) is 0 Å². The molecule has 0 amide bonds. The fourth-order valence-electron chi connectivity index (χ4n) is 1.62.